The Bertz CT molecular complexity index is 958. The maximum absolute atomic E-state index is 5.55. The van der Waals surface area contributed by atoms with Crippen LogP contribution in [-0.2, 0) is 16.7 Å². The lowest BCUT2D eigenvalue weighted by molar-refractivity contribution is 0.0611. The van der Waals surface area contributed by atoms with Gasteiger partial charge < -0.3 is 13.8 Å². The monoisotopic (exact) mass is 399 g/mol. The molecule has 6 heteroatoms. The molecule has 0 amide bonds. The van der Waals surface area contributed by atoms with E-state index in [0.717, 1.165) is 65.2 Å². The smallest absolute Gasteiger partial charge is 0.147 e. The highest BCUT2D eigenvalue weighted by Crippen LogP contribution is 2.36. The molecule has 150 valence electrons. The Hall–Kier alpha value is -1.79. The van der Waals surface area contributed by atoms with E-state index in [0.29, 0.717) is 5.92 Å². The number of hydrogen-bond donors (Lipinski definition) is 0. The van der Waals surface area contributed by atoms with E-state index in [1.165, 1.54) is 5.52 Å². The number of imidazole rings is 1. The molecular weight excluding hydrogens is 370 g/mol. The molecular formula is C22H29N3O2S. The predicted molar refractivity (Wildman–Crippen MR) is 112 cm³/mol. The van der Waals surface area contributed by atoms with E-state index in [2.05, 4.69) is 48.7 Å². The van der Waals surface area contributed by atoms with E-state index in [4.69, 9.17) is 14.2 Å². The van der Waals surface area contributed by atoms with Crippen molar-refractivity contribution in [3.05, 3.63) is 35.5 Å². The van der Waals surface area contributed by atoms with Crippen molar-refractivity contribution in [3.63, 3.8) is 0 Å². The predicted octanol–water partition coefficient (Wildman–Crippen LogP) is 5.52. The second kappa shape index (κ2) is 7.56. The summed E-state index contributed by atoms with van der Waals surface area (Å²) < 4.78 is 13.3. The summed E-state index contributed by atoms with van der Waals surface area (Å²) in [6, 6.07) is 6.60. The van der Waals surface area contributed by atoms with Gasteiger partial charge in [-0.1, -0.05) is 37.7 Å². The van der Waals surface area contributed by atoms with Crippen LogP contribution >= 0.6 is 11.8 Å². The van der Waals surface area contributed by atoms with Crippen LogP contribution in [0.2, 0.25) is 0 Å². The van der Waals surface area contributed by atoms with E-state index in [1.807, 2.05) is 13.8 Å². The minimum absolute atomic E-state index is 0.000846. The second-order valence-electron chi connectivity index (χ2n) is 8.76. The first-order valence-corrected chi connectivity index (χ1v) is 10.8. The first kappa shape index (κ1) is 19.5. The van der Waals surface area contributed by atoms with Gasteiger partial charge in [0.2, 0.25) is 0 Å². The van der Waals surface area contributed by atoms with Crippen LogP contribution in [0.1, 0.15) is 50.9 Å². The molecule has 0 unspecified atom stereocenters. The van der Waals surface area contributed by atoms with E-state index in [9.17, 15) is 0 Å². The molecule has 1 saturated heterocycles. The van der Waals surface area contributed by atoms with Gasteiger partial charge in [-0.15, -0.1) is 0 Å². The summed E-state index contributed by atoms with van der Waals surface area (Å²) in [5.74, 6) is 2.68. The molecule has 1 aliphatic heterocycles. The van der Waals surface area contributed by atoms with Gasteiger partial charge in [0.1, 0.15) is 11.6 Å². The van der Waals surface area contributed by atoms with Crippen LogP contribution in [0.15, 0.2) is 32.5 Å². The summed E-state index contributed by atoms with van der Waals surface area (Å²) in [7, 11) is 0. The maximum atomic E-state index is 5.55. The van der Waals surface area contributed by atoms with Gasteiger partial charge >= 0.3 is 0 Å². The third kappa shape index (κ3) is 3.85. The highest BCUT2D eigenvalue weighted by Gasteiger charge is 2.25. The van der Waals surface area contributed by atoms with Gasteiger partial charge in [-0.05, 0) is 50.8 Å². The zero-order chi connectivity index (χ0) is 19.9. The first-order chi connectivity index (χ1) is 13.3. The molecule has 0 spiro atoms. The van der Waals surface area contributed by atoms with Gasteiger partial charge in [0.25, 0.3) is 0 Å². The Morgan fingerprint density at radius 3 is 2.57 bits per heavy atom. The minimum Gasteiger partial charge on any atom is -0.381 e. The van der Waals surface area contributed by atoms with Crippen molar-refractivity contribution >= 4 is 22.8 Å². The summed E-state index contributed by atoms with van der Waals surface area (Å²) in [5.41, 5.74) is 3.22. The van der Waals surface area contributed by atoms with Crippen LogP contribution in [0.25, 0.3) is 11.0 Å². The SMILES string of the molecule is Cc1noc(C)c1Sc1ccc2c(c1)nc(C(C)(C)C)n2CC1CCOCC1. The Kier molecular flexibility index (Phi) is 5.27. The summed E-state index contributed by atoms with van der Waals surface area (Å²) in [4.78, 5) is 7.32. The van der Waals surface area contributed by atoms with Gasteiger partial charge in [-0.3, -0.25) is 0 Å². The summed E-state index contributed by atoms with van der Waals surface area (Å²) in [6.45, 7) is 13.4. The number of hydrogen-bond acceptors (Lipinski definition) is 5. The van der Waals surface area contributed by atoms with Crippen LogP contribution in [0.3, 0.4) is 0 Å². The average Bonchev–Trinajstić information content (AvgIpc) is 3.17. The first-order valence-electron chi connectivity index (χ1n) is 10.0. The molecule has 0 saturated carbocycles. The average molecular weight is 400 g/mol. The van der Waals surface area contributed by atoms with Crippen molar-refractivity contribution in [2.75, 3.05) is 13.2 Å². The fraction of sp³-hybridized carbons (Fsp3) is 0.545. The van der Waals surface area contributed by atoms with Crippen molar-refractivity contribution in [2.24, 2.45) is 5.92 Å². The number of aryl methyl sites for hydroxylation is 2. The molecule has 3 aromatic rings. The lowest BCUT2D eigenvalue weighted by atomic mass is 9.94. The molecule has 2 aromatic heterocycles. The quantitative estimate of drug-likeness (QED) is 0.578. The molecule has 3 heterocycles. The molecule has 5 nitrogen and oxygen atoms in total. The maximum Gasteiger partial charge on any atom is 0.147 e. The van der Waals surface area contributed by atoms with E-state index in [1.54, 1.807) is 11.8 Å². The standard InChI is InChI=1S/C22H29N3O2S/c1-14-20(15(2)27-24-14)28-17-6-7-19-18(12-17)23-21(22(3,4)5)25(19)13-16-8-10-26-11-9-16/h6-7,12,16H,8-11,13H2,1-5H3. The Morgan fingerprint density at radius 2 is 1.93 bits per heavy atom. The third-order valence-electron chi connectivity index (χ3n) is 5.36. The second-order valence-corrected chi connectivity index (χ2v) is 9.84. The Labute approximate surface area is 170 Å². The lowest BCUT2D eigenvalue weighted by Gasteiger charge is -2.26. The molecule has 0 N–H and O–H groups in total. The van der Waals surface area contributed by atoms with Gasteiger partial charge in [0, 0.05) is 30.1 Å². The molecule has 28 heavy (non-hydrogen) atoms. The van der Waals surface area contributed by atoms with Crippen molar-refractivity contribution < 1.29 is 9.26 Å². The van der Waals surface area contributed by atoms with Crippen LogP contribution in [0, 0.1) is 19.8 Å². The molecule has 1 aromatic carbocycles. The topological polar surface area (TPSA) is 53.1 Å². The molecule has 0 atom stereocenters. The molecule has 4 rings (SSSR count). The van der Waals surface area contributed by atoms with E-state index in [-0.39, 0.29) is 5.41 Å². The molecule has 1 aliphatic rings. The fourth-order valence-electron chi connectivity index (χ4n) is 3.86. The van der Waals surface area contributed by atoms with Gasteiger partial charge in [-0.2, -0.15) is 0 Å². The Balaban J connectivity index is 1.71. The van der Waals surface area contributed by atoms with Gasteiger partial charge in [0.15, 0.2) is 0 Å². The number of nitrogens with zero attached hydrogens (tertiary/aromatic N) is 3. The summed E-state index contributed by atoms with van der Waals surface area (Å²) in [5, 5.41) is 4.06. The van der Waals surface area contributed by atoms with Crippen LogP contribution in [0.5, 0.6) is 0 Å². The highest BCUT2D eigenvalue weighted by atomic mass is 32.2. The van der Waals surface area contributed by atoms with Crippen LogP contribution in [-0.4, -0.2) is 27.9 Å². The number of ether oxygens (including phenoxy) is 1. The third-order valence-corrected chi connectivity index (χ3v) is 6.64. The van der Waals surface area contributed by atoms with Crippen LogP contribution < -0.4 is 0 Å². The largest absolute Gasteiger partial charge is 0.381 e. The van der Waals surface area contributed by atoms with Crippen molar-refractivity contribution in [1.82, 2.24) is 14.7 Å². The van der Waals surface area contributed by atoms with Crippen LogP contribution in [0.4, 0.5) is 0 Å². The van der Waals surface area contributed by atoms with Crippen molar-refractivity contribution in [3.8, 4) is 0 Å². The van der Waals surface area contributed by atoms with Crippen molar-refractivity contribution in [2.45, 2.75) is 69.2 Å². The minimum atomic E-state index is -0.000846. The number of fused-ring (bicyclic) bond motifs is 1. The fourth-order valence-corrected chi connectivity index (χ4v) is 4.76. The zero-order valence-electron chi connectivity index (χ0n) is 17.4. The number of benzene rings is 1. The number of aromatic nitrogens is 3. The number of rotatable bonds is 4. The molecule has 0 bridgehead atoms. The summed E-state index contributed by atoms with van der Waals surface area (Å²) >= 11 is 1.70. The molecule has 1 fully saturated rings. The van der Waals surface area contributed by atoms with E-state index < -0.39 is 0 Å². The molecule has 0 aliphatic carbocycles. The molecule has 0 radical (unpaired) electrons. The Morgan fingerprint density at radius 1 is 1.18 bits per heavy atom. The highest BCUT2D eigenvalue weighted by molar-refractivity contribution is 7.99. The normalized spacial score (nSPS) is 16.2. The van der Waals surface area contributed by atoms with E-state index >= 15 is 0 Å². The van der Waals surface area contributed by atoms with Gasteiger partial charge in [0.05, 0.1) is 21.6 Å². The zero-order valence-corrected chi connectivity index (χ0v) is 18.2. The van der Waals surface area contributed by atoms with Gasteiger partial charge in [-0.25, -0.2) is 4.98 Å². The lowest BCUT2D eigenvalue weighted by Crippen LogP contribution is -2.25. The summed E-state index contributed by atoms with van der Waals surface area (Å²) in [6.07, 6.45) is 2.26. The van der Waals surface area contributed by atoms with Crippen molar-refractivity contribution in [1.29, 1.82) is 0 Å².